The van der Waals surface area contributed by atoms with E-state index in [4.69, 9.17) is 4.74 Å². The van der Waals surface area contributed by atoms with Crippen LogP contribution in [0.4, 0.5) is 10.2 Å². The van der Waals surface area contributed by atoms with E-state index in [1.165, 1.54) is 6.07 Å². The second kappa shape index (κ2) is 6.39. The van der Waals surface area contributed by atoms with Crippen LogP contribution in [0.2, 0.25) is 0 Å². The number of morpholine rings is 1. The second-order valence-electron chi connectivity index (χ2n) is 5.51. The van der Waals surface area contributed by atoms with E-state index < -0.39 is 0 Å². The number of pyridine rings is 1. The van der Waals surface area contributed by atoms with E-state index in [0.29, 0.717) is 45.2 Å². The van der Waals surface area contributed by atoms with Crippen LogP contribution < -0.4 is 4.90 Å². The van der Waals surface area contributed by atoms with Crippen molar-refractivity contribution in [3.63, 3.8) is 0 Å². The summed E-state index contributed by atoms with van der Waals surface area (Å²) in [5.74, 6) is 0.371. The first-order valence-corrected chi connectivity index (χ1v) is 7.47. The van der Waals surface area contributed by atoms with E-state index in [-0.39, 0.29) is 17.6 Å². The van der Waals surface area contributed by atoms with Crippen LogP contribution in [0.5, 0.6) is 0 Å². The number of hydrogen-bond acceptors (Lipinski definition) is 4. The molecule has 0 bridgehead atoms. The maximum absolute atomic E-state index is 13.7. The molecule has 2 fully saturated rings. The molecule has 0 atom stereocenters. The molecule has 2 saturated heterocycles. The van der Waals surface area contributed by atoms with Crippen molar-refractivity contribution in [2.45, 2.75) is 12.8 Å². The Morgan fingerprint density at radius 2 is 1.95 bits per heavy atom. The molecule has 5 nitrogen and oxygen atoms in total. The Kier molecular flexibility index (Phi) is 4.34. The molecular formula is C15H20FN3O2. The summed E-state index contributed by atoms with van der Waals surface area (Å²) in [6.07, 6.45) is 3.11. The molecule has 0 unspecified atom stereocenters. The van der Waals surface area contributed by atoms with Gasteiger partial charge in [-0.1, -0.05) is 0 Å². The first kappa shape index (κ1) is 14.3. The SMILES string of the molecule is O=C(C1CCN(c2ncccc2F)CC1)N1CCOCC1. The Morgan fingerprint density at radius 1 is 1.24 bits per heavy atom. The van der Waals surface area contributed by atoms with Gasteiger partial charge in [-0.25, -0.2) is 9.37 Å². The van der Waals surface area contributed by atoms with Gasteiger partial charge in [-0.05, 0) is 25.0 Å². The Hall–Kier alpha value is -1.69. The van der Waals surface area contributed by atoms with E-state index in [1.54, 1.807) is 12.3 Å². The van der Waals surface area contributed by atoms with Gasteiger partial charge in [0.25, 0.3) is 0 Å². The van der Waals surface area contributed by atoms with Crippen molar-refractivity contribution in [1.82, 2.24) is 9.88 Å². The summed E-state index contributed by atoms with van der Waals surface area (Å²) >= 11 is 0. The number of aromatic nitrogens is 1. The Balaban J connectivity index is 1.57. The minimum absolute atomic E-state index is 0.0473. The molecule has 2 aliphatic heterocycles. The van der Waals surface area contributed by atoms with Crippen molar-refractivity contribution in [2.24, 2.45) is 5.92 Å². The van der Waals surface area contributed by atoms with E-state index in [0.717, 1.165) is 12.8 Å². The molecule has 0 aromatic carbocycles. The second-order valence-corrected chi connectivity index (χ2v) is 5.51. The van der Waals surface area contributed by atoms with E-state index in [9.17, 15) is 9.18 Å². The number of carbonyl (C=O) groups excluding carboxylic acids is 1. The van der Waals surface area contributed by atoms with Crippen LogP contribution in [0, 0.1) is 11.7 Å². The largest absolute Gasteiger partial charge is 0.378 e. The highest BCUT2D eigenvalue weighted by Gasteiger charge is 2.30. The molecule has 0 radical (unpaired) electrons. The number of hydrogen-bond donors (Lipinski definition) is 0. The molecule has 0 aliphatic carbocycles. The highest BCUT2D eigenvalue weighted by Crippen LogP contribution is 2.25. The fraction of sp³-hybridized carbons (Fsp3) is 0.600. The van der Waals surface area contributed by atoms with E-state index in [1.807, 2.05) is 9.80 Å². The fourth-order valence-electron chi connectivity index (χ4n) is 2.99. The number of nitrogens with zero attached hydrogens (tertiary/aromatic N) is 3. The first-order chi connectivity index (χ1) is 10.3. The van der Waals surface area contributed by atoms with Crippen molar-refractivity contribution in [3.05, 3.63) is 24.1 Å². The molecule has 0 saturated carbocycles. The Bertz CT molecular complexity index is 497. The van der Waals surface area contributed by atoms with Gasteiger partial charge in [-0.2, -0.15) is 0 Å². The predicted molar refractivity (Wildman–Crippen MR) is 76.5 cm³/mol. The summed E-state index contributed by atoms with van der Waals surface area (Å²) < 4.78 is 19.0. The zero-order valence-corrected chi connectivity index (χ0v) is 12.0. The summed E-state index contributed by atoms with van der Waals surface area (Å²) in [5, 5.41) is 0. The van der Waals surface area contributed by atoms with Gasteiger partial charge >= 0.3 is 0 Å². The number of piperidine rings is 1. The zero-order valence-electron chi connectivity index (χ0n) is 12.0. The van der Waals surface area contributed by atoms with Crippen molar-refractivity contribution in [1.29, 1.82) is 0 Å². The molecule has 3 rings (SSSR count). The molecule has 3 heterocycles. The van der Waals surface area contributed by atoms with Gasteiger partial charge in [-0.3, -0.25) is 4.79 Å². The quantitative estimate of drug-likeness (QED) is 0.824. The molecule has 0 spiro atoms. The maximum Gasteiger partial charge on any atom is 0.225 e. The smallest absolute Gasteiger partial charge is 0.225 e. The van der Waals surface area contributed by atoms with Gasteiger partial charge in [0.15, 0.2) is 11.6 Å². The maximum atomic E-state index is 13.7. The number of carbonyl (C=O) groups is 1. The van der Waals surface area contributed by atoms with Gasteiger partial charge in [0.1, 0.15) is 0 Å². The topological polar surface area (TPSA) is 45.7 Å². The molecule has 6 heteroatoms. The monoisotopic (exact) mass is 293 g/mol. The lowest BCUT2D eigenvalue weighted by molar-refractivity contribution is -0.140. The van der Waals surface area contributed by atoms with Gasteiger partial charge in [0.05, 0.1) is 13.2 Å². The number of rotatable bonds is 2. The van der Waals surface area contributed by atoms with Crippen LogP contribution in [-0.4, -0.2) is 55.2 Å². The van der Waals surface area contributed by atoms with E-state index in [2.05, 4.69) is 4.98 Å². The summed E-state index contributed by atoms with van der Waals surface area (Å²) in [6, 6.07) is 3.01. The summed E-state index contributed by atoms with van der Waals surface area (Å²) in [7, 11) is 0. The summed E-state index contributed by atoms with van der Waals surface area (Å²) in [5.41, 5.74) is 0. The molecule has 2 aliphatic rings. The van der Waals surface area contributed by atoms with Gasteiger partial charge in [0, 0.05) is 38.3 Å². The highest BCUT2D eigenvalue weighted by atomic mass is 19.1. The van der Waals surface area contributed by atoms with Crippen LogP contribution in [0.1, 0.15) is 12.8 Å². The third-order valence-electron chi connectivity index (χ3n) is 4.21. The standard InChI is InChI=1S/C15H20FN3O2/c16-13-2-1-5-17-14(13)18-6-3-12(4-7-18)15(20)19-8-10-21-11-9-19/h1-2,5,12H,3-4,6-11H2. The number of amides is 1. The number of anilines is 1. The van der Waals surface area contributed by atoms with Crippen molar-refractivity contribution < 1.29 is 13.9 Å². The first-order valence-electron chi connectivity index (χ1n) is 7.47. The fourth-order valence-corrected chi connectivity index (χ4v) is 2.99. The highest BCUT2D eigenvalue weighted by molar-refractivity contribution is 5.79. The van der Waals surface area contributed by atoms with Crippen LogP contribution >= 0.6 is 0 Å². The average Bonchev–Trinajstić information content (AvgIpc) is 2.56. The molecule has 0 N–H and O–H groups in total. The molecule has 1 aromatic heterocycles. The Morgan fingerprint density at radius 3 is 2.62 bits per heavy atom. The molecule has 21 heavy (non-hydrogen) atoms. The van der Waals surface area contributed by atoms with Crippen LogP contribution in [0.15, 0.2) is 18.3 Å². The zero-order chi connectivity index (χ0) is 14.7. The lowest BCUT2D eigenvalue weighted by Crippen LogP contribution is -2.47. The lowest BCUT2D eigenvalue weighted by atomic mass is 9.95. The predicted octanol–water partition coefficient (Wildman–Crippen LogP) is 1.30. The molecular weight excluding hydrogens is 273 g/mol. The summed E-state index contributed by atoms with van der Waals surface area (Å²) in [4.78, 5) is 20.3. The van der Waals surface area contributed by atoms with Crippen LogP contribution in [-0.2, 0) is 9.53 Å². The van der Waals surface area contributed by atoms with Gasteiger partial charge < -0.3 is 14.5 Å². The third kappa shape index (κ3) is 3.15. The lowest BCUT2D eigenvalue weighted by Gasteiger charge is -2.36. The van der Waals surface area contributed by atoms with Gasteiger partial charge in [0.2, 0.25) is 5.91 Å². The van der Waals surface area contributed by atoms with Gasteiger partial charge in [-0.15, -0.1) is 0 Å². The average molecular weight is 293 g/mol. The minimum Gasteiger partial charge on any atom is -0.378 e. The third-order valence-corrected chi connectivity index (χ3v) is 4.21. The minimum atomic E-state index is -0.296. The van der Waals surface area contributed by atoms with Crippen LogP contribution in [0.25, 0.3) is 0 Å². The van der Waals surface area contributed by atoms with Crippen molar-refractivity contribution in [3.8, 4) is 0 Å². The van der Waals surface area contributed by atoms with Crippen molar-refractivity contribution >= 4 is 11.7 Å². The van der Waals surface area contributed by atoms with E-state index >= 15 is 0 Å². The molecule has 114 valence electrons. The molecule has 1 amide bonds. The number of ether oxygens (including phenoxy) is 1. The Labute approximate surface area is 123 Å². The van der Waals surface area contributed by atoms with Crippen LogP contribution in [0.3, 0.4) is 0 Å². The number of halogens is 1. The molecule has 1 aromatic rings. The normalized spacial score (nSPS) is 20.6. The van der Waals surface area contributed by atoms with Crippen molar-refractivity contribution in [2.75, 3.05) is 44.3 Å². The summed E-state index contributed by atoms with van der Waals surface area (Å²) in [6.45, 7) is 3.98.